The molecule has 0 bridgehead atoms. The van der Waals surface area contributed by atoms with E-state index in [1.165, 1.54) is 0 Å². The molecule has 0 atom stereocenters. The van der Waals surface area contributed by atoms with Crippen molar-refractivity contribution >= 4 is 12.0 Å². The van der Waals surface area contributed by atoms with E-state index in [0.717, 1.165) is 26.2 Å². The first-order valence-electron chi connectivity index (χ1n) is 7.89. The largest absolute Gasteiger partial charge is 0.449 e. The summed E-state index contributed by atoms with van der Waals surface area (Å²) in [5, 5.41) is 0. The molecule has 0 aliphatic carbocycles. The number of hydrogen-bond donors (Lipinski definition) is 0. The van der Waals surface area contributed by atoms with Crippen LogP contribution in [0, 0.1) is 5.92 Å². The molecule has 0 spiro atoms. The van der Waals surface area contributed by atoms with Crippen molar-refractivity contribution in [3.63, 3.8) is 0 Å². The molecule has 0 aromatic carbocycles. The lowest BCUT2D eigenvalue weighted by molar-refractivity contribution is -0.132. The summed E-state index contributed by atoms with van der Waals surface area (Å²) in [4.78, 5) is 29.6. The first kappa shape index (κ1) is 17.8. The molecule has 0 N–H and O–H groups in total. The van der Waals surface area contributed by atoms with Crippen LogP contribution in [0.4, 0.5) is 4.79 Å². The number of ether oxygens (including phenoxy) is 1. The Morgan fingerprint density at radius 2 is 1.67 bits per heavy atom. The molecule has 1 aliphatic heterocycles. The number of rotatable bonds is 6. The minimum atomic E-state index is -0.238. The van der Waals surface area contributed by atoms with Crippen molar-refractivity contribution in [3.05, 3.63) is 0 Å². The lowest BCUT2D eigenvalue weighted by atomic mass is 10.2. The molecule has 1 aliphatic rings. The minimum Gasteiger partial charge on any atom is -0.449 e. The number of piperazine rings is 1. The van der Waals surface area contributed by atoms with Crippen LogP contribution in [-0.2, 0) is 9.53 Å². The minimum absolute atomic E-state index is 0.163. The van der Waals surface area contributed by atoms with E-state index >= 15 is 0 Å². The van der Waals surface area contributed by atoms with E-state index in [-0.39, 0.29) is 12.0 Å². The zero-order valence-corrected chi connectivity index (χ0v) is 13.8. The molecule has 1 heterocycles. The molecule has 2 amide bonds. The predicted octanol–water partition coefficient (Wildman–Crippen LogP) is 1.27. The van der Waals surface area contributed by atoms with Crippen LogP contribution in [0.3, 0.4) is 0 Å². The van der Waals surface area contributed by atoms with E-state index in [2.05, 4.69) is 4.90 Å². The summed E-state index contributed by atoms with van der Waals surface area (Å²) >= 11 is 0. The molecule has 1 fully saturated rings. The Kier molecular flexibility index (Phi) is 7.50. The highest BCUT2D eigenvalue weighted by Crippen LogP contribution is 2.06. The fraction of sp³-hybridized carbons (Fsp3) is 0.867. The number of likely N-dealkylation sites (N-methyl/N-ethyl adjacent to an activating group) is 1. The molecule has 6 heteroatoms. The molecular formula is C15H29N3O3. The molecule has 0 aromatic rings. The summed E-state index contributed by atoms with van der Waals surface area (Å²) in [5.74, 6) is 0.512. The lowest BCUT2D eigenvalue weighted by Gasteiger charge is -2.34. The van der Waals surface area contributed by atoms with Gasteiger partial charge in [-0.1, -0.05) is 13.8 Å². The molecular weight excluding hydrogens is 270 g/mol. The number of amides is 2. The lowest BCUT2D eigenvalue weighted by Crippen LogP contribution is -2.51. The van der Waals surface area contributed by atoms with Gasteiger partial charge in [0.15, 0.2) is 0 Å². The summed E-state index contributed by atoms with van der Waals surface area (Å²) in [6, 6.07) is 0. The van der Waals surface area contributed by atoms with Gasteiger partial charge in [0.25, 0.3) is 0 Å². The Labute approximate surface area is 128 Å². The van der Waals surface area contributed by atoms with Crippen LogP contribution in [0.25, 0.3) is 0 Å². The fourth-order valence-electron chi connectivity index (χ4n) is 2.29. The third-order valence-electron chi connectivity index (χ3n) is 3.65. The predicted molar refractivity (Wildman–Crippen MR) is 82.1 cm³/mol. The molecule has 1 saturated heterocycles. The molecule has 0 radical (unpaired) electrons. The van der Waals surface area contributed by atoms with Gasteiger partial charge in [0.2, 0.25) is 5.91 Å². The van der Waals surface area contributed by atoms with Gasteiger partial charge in [-0.2, -0.15) is 0 Å². The smallest absolute Gasteiger partial charge is 0.409 e. The van der Waals surface area contributed by atoms with Crippen LogP contribution < -0.4 is 0 Å². The van der Waals surface area contributed by atoms with E-state index in [9.17, 15) is 9.59 Å². The first-order chi connectivity index (χ1) is 9.97. The van der Waals surface area contributed by atoms with Crippen LogP contribution in [0.1, 0.15) is 27.7 Å². The SMILES string of the molecule is CCN(CC)C(=O)CN1CCN(C(=O)OCC(C)C)CC1. The normalized spacial score (nSPS) is 16.1. The highest BCUT2D eigenvalue weighted by molar-refractivity contribution is 5.78. The van der Waals surface area contributed by atoms with E-state index in [4.69, 9.17) is 4.74 Å². The van der Waals surface area contributed by atoms with Gasteiger partial charge in [-0.05, 0) is 19.8 Å². The second-order valence-corrected chi connectivity index (χ2v) is 5.80. The number of carbonyl (C=O) groups excluding carboxylic acids is 2. The van der Waals surface area contributed by atoms with Crippen LogP contribution in [-0.4, -0.2) is 79.1 Å². The molecule has 21 heavy (non-hydrogen) atoms. The summed E-state index contributed by atoms with van der Waals surface area (Å²) in [6.07, 6.45) is -0.238. The molecule has 0 saturated carbocycles. The van der Waals surface area contributed by atoms with Crippen molar-refractivity contribution in [2.45, 2.75) is 27.7 Å². The third-order valence-corrected chi connectivity index (χ3v) is 3.65. The number of carbonyl (C=O) groups is 2. The maximum Gasteiger partial charge on any atom is 0.409 e. The van der Waals surface area contributed by atoms with Crippen LogP contribution in [0.15, 0.2) is 0 Å². The molecule has 1 rings (SSSR count). The second-order valence-electron chi connectivity index (χ2n) is 5.80. The van der Waals surface area contributed by atoms with E-state index in [1.54, 1.807) is 4.90 Å². The molecule has 6 nitrogen and oxygen atoms in total. The molecule has 0 aromatic heterocycles. The highest BCUT2D eigenvalue weighted by atomic mass is 16.6. The molecule has 0 unspecified atom stereocenters. The summed E-state index contributed by atoms with van der Waals surface area (Å²) in [6.45, 7) is 13.1. The molecule has 122 valence electrons. The van der Waals surface area contributed by atoms with Crippen molar-refractivity contribution in [2.24, 2.45) is 5.92 Å². The van der Waals surface area contributed by atoms with E-state index in [1.807, 2.05) is 32.6 Å². The van der Waals surface area contributed by atoms with Crippen LogP contribution in [0.2, 0.25) is 0 Å². The van der Waals surface area contributed by atoms with Gasteiger partial charge in [-0.3, -0.25) is 9.69 Å². The van der Waals surface area contributed by atoms with Crippen molar-refractivity contribution in [1.82, 2.24) is 14.7 Å². The average Bonchev–Trinajstić information content (AvgIpc) is 2.46. The van der Waals surface area contributed by atoms with Gasteiger partial charge in [0, 0.05) is 39.3 Å². The average molecular weight is 299 g/mol. The quantitative estimate of drug-likeness (QED) is 0.741. The van der Waals surface area contributed by atoms with Crippen LogP contribution >= 0.6 is 0 Å². The van der Waals surface area contributed by atoms with Gasteiger partial charge < -0.3 is 14.5 Å². The Hall–Kier alpha value is -1.30. The number of hydrogen-bond acceptors (Lipinski definition) is 4. The van der Waals surface area contributed by atoms with Gasteiger partial charge in [-0.15, -0.1) is 0 Å². The summed E-state index contributed by atoms with van der Waals surface area (Å²) < 4.78 is 5.23. The maximum atomic E-state index is 12.0. The Morgan fingerprint density at radius 3 is 2.14 bits per heavy atom. The number of nitrogens with zero attached hydrogens (tertiary/aromatic N) is 3. The monoisotopic (exact) mass is 299 g/mol. The van der Waals surface area contributed by atoms with Crippen LogP contribution in [0.5, 0.6) is 0 Å². The summed E-state index contributed by atoms with van der Waals surface area (Å²) in [5.41, 5.74) is 0. The Balaban J connectivity index is 2.32. The Bertz CT molecular complexity index is 335. The van der Waals surface area contributed by atoms with Crippen molar-refractivity contribution in [3.8, 4) is 0 Å². The zero-order valence-electron chi connectivity index (χ0n) is 13.8. The van der Waals surface area contributed by atoms with Crippen molar-refractivity contribution in [2.75, 3.05) is 52.4 Å². The first-order valence-corrected chi connectivity index (χ1v) is 7.89. The van der Waals surface area contributed by atoms with E-state index < -0.39 is 0 Å². The standard InChI is InChI=1S/C15H29N3O3/c1-5-17(6-2)14(19)11-16-7-9-18(10-8-16)15(20)21-12-13(3)4/h13H,5-12H2,1-4H3. The van der Waals surface area contributed by atoms with Gasteiger partial charge >= 0.3 is 6.09 Å². The summed E-state index contributed by atoms with van der Waals surface area (Å²) in [7, 11) is 0. The fourth-order valence-corrected chi connectivity index (χ4v) is 2.29. The van der Waals surface area contributed by atoms with Crippen molar-refractivity contribution < 1.29 is 14.3 Å². The third kappa shape index (κ3) is 5.91. The van der Waals surface area contributed by atoms with Gasteiger partial charge in [0.1, 0.15) is 0 Å². The topological polar surface area (TPSA) is 53.1 Å². The zero-order chi connectivity index (χ0) is 15.8. The van der Waals surface area contributed by atoms with Gasteiger partial charge in [-0.25, -0.2) is 4.79 Å². The maximum absolute atomic E-state index is 12.0. The Morgan fingerprint density at radius 1 is 1.10 bits per heavy atom. The highest BCUT2D eigenvalue weighted by Gasteiger charge is 2.24. The van der Waals surface area contributed by atoms with Gasteiger partial charge in [0.05, 0.1) is 13.2 Å². The second kappa shape index (κ2) is 8.87. The van der Waals surface area contributed by atoms with E-state index in [0.29, 0.717) is 32.2 Å². The van der Waals surface area contributed by atoms with Crippen molar-refractivity contribution in [1.29, 1.82) is 0 Å².